The number of carbonyl (C=O) groups excluding carboxylic acids is 1. The van der Waals surface area contributed by atoms with Crippen LogP contribution >= 0.6 is 0 Å². The number of Topliss-reactive ketones (excluding diaryl/α,β-unsaturated/α-hetero) is 1. The average molecular weight is 335 g/mol. The van der Waals surface area contributed by atoms with Crippen molar-refractivity contribution in [1.82, 2.24) is 15.2 Å². The van der Waals surface area contributed by atoms with Crippen LogP contribution in [0, 0.1) is 6.92 Å². The van der Waals surface area contributed by atoms with Gasteiger partial charge in [-0.3, -0.25) is 14.9 Å². The molecule has 128 valence electrons. The predicted molar refractivity (Wildman–Crippen MR) is 96.4 cm³/mol. The number of benzene rings is 1. The second kappa shape index (κ2) is 6.41. The van der Waals surface area contributed by atoms with E-state index in [0.29, 0.717) is 26.1 Å². The Bertz CT molecular complexity index is 945. The predicted octanol–water partition coefficient (Wildman–Crippen LogP) is 3.92. The van der Waals surface area contributed by atoms with Gasteiger partial charge in [0, 0.05) is 47.8 Å². The topological polar surface area (TPSA) is 67.9 Å². The number of ketones is 1. The number of aryl methyl sites for hydroxylation is 1. The molecule has 2 aromatic heterocycles. The standard InChI is InChI=1S/C20H21N3O2/c1-3-15(24)6-14-10-25-11-19-17(8-21-9-18(14)19)13-4-5-20-16(7-13)12(2)22-23-20/h4-5,7-9,14H,3,6,10-11H2,1-2H3,(H,22,23). The van der Waals surface area contributed by atoms with Gasteiger partial charge in [0.1, 0.15) is 5.78 Å². The first-order valence-electron chi connectivity index (χ1n) is 8.68. The largest absolute Gasteiger partial charge is 0.376 e. The normalized spacial score (nSPS) is 16.8. The summed E-state index contributed by atoms with van der Waals surface area (Å²) < 4.78 is 5.81. The van der Waals surface area contributed by atoms with Crippen molar-refractivity contribution in [3.63, 3.8) is 0 Å². The van der Waals surface area contributed by atoms with E-state index in [1.807, 2.05) is 32.3 Å². The second-order valence-electron chi connectivity index (χ2n) is 6.64. The van der Waals surface area contributed by atoms with Crippen molar-refractivity contribution >= 4 is 16.7 Å². The number of aromatic nitrogens is 3. The molecular weight excluding hydrogens is 314 g/mol. The number of hydrogen-bond donors (Lipinski definition) is 1. The van der Waals surface area contributed by atoms with Gasteiger partial charge in [-0.1, -0.05) is 13.0 Å². The molecule has 0 bridgehead atoms. The SMILES string of the molecule is CCC(=O)CC1COCc2c(-c3ccc4n[nH]c(C)c4c3)cncc21. The Morgan fingerprint density at radius 3 is 3.08 bits per heavy atom. The van der Waals surface area contributed by atoms with Crippen LogP contribution in [0.15, 0.2) is 30.6 Å². The molecule has 25 heavy (non-hydrogen) atoms. The molecule has 1 aromatic carbocycles. The van der Waals surface area contributed by atoms with E-state index in [-0.39, 0.29) is 11.7 Å². The third-order valence-corrected chi connectivity index (χ3v) is 5.02. The Kier molecular flexibility index (Phi) is 4.09. The monoisotopic (exact) mass is 335 g/mol. The van der Waals surface area contributed by atoms with Crippen LogP contribution in [-0.4, -0.2) is 27.6 Å². The van der Waals surface area contributed by atoms with Crippen molar-refractivity contribution in [2.75, 3.05) is 6.61 Å². The van der Waals surface area contributed by atoms with E-state index in [1.54, 1.807) is 0 Å². The van der Waals surface area contributed by atoms with E-state index < -0.39 is 0 Å². The van der Waals surface area contributed by atoms with Crippen LogP contribution in [0.3, 0.4) is 0 Å². The zero-order chi connectivity index (χ0) is 17.4. The molecule has 1 aliphatic rings. The zero-order valence-corrected chi connectivity index (χ0v) is 14.5. The van der Waals surface area contributed by atoms with E-state index in [4.69, 9.17) is 4.74 Å². The molecule has 3 aromatic rings. The van der Waals surface area contributed by atoms with Crippen LogP contribution < -0.4 is 0 Å². The first kappa shape index (κ1) is 16.0. The van der Waals surface area contributed by atoms with Gasteiger partial charge in [-0.05, 0) is 35.7 Å². The number of ether oxygens (including phenoxy) is 1. The molecule has 1 aliphatic heterocycles. The van der Waals surface area contributed by atoms with E-state index in [2.05, 4.69) is 27.3 Å². The highest BCUT2D eigenvalue weighted by Crippen LogP contribution is 2.36. The molecule has 1 N–H and O–H groups in total. The Hall–Kier alpha value is -2.53. The summed E-state index contributed by atoms with van der Waals surface area (Å²) in [4.78, 5) is 16.4. The molecule has 0 radical (unpaired) electrons. The third kappa shape index (κ3) is 2.85. The lowest BCUT2D eigenvalue weighted by atomic mass is 9.86. The van der Waals surface area contributed by atoms with Crippen LogP contribution in [-0.2, 0) is 16.1 Å². The lowest BCUT2D eigenvalue weighted by molar-refractivity contribution is -0.119. The van der Waals surface area contributed by atoms with Gasteiger partial charge in [0.15, 0.2) is 0 Å². The van der Waals surface area contributed by atoms with Crippen molar-refractivity contribution in [2.24, 2.45) is 0 Å². The summed E-state index contributed by atoms with van der Waals surface area (Å²) in [6, 6.07) is 6.24. The van der Waals surface area contributed by atoms with Gasteiger partial charge in [0.25, 0.3) is 0 Å². The minimum atomic E-state index is 0.100. The summed E-state index contributed by atoms with van der Waals surface area (Å²) in [7, 11) is 0. The number of rotatable bonds is 4. The number of fused-ring (bicyclic) bond motifs is 2. The Labute approximate surface area is 146 Å². The van der Waals surface area contributed by atoms with Crippen LogP contribution in [0.4, 0.5) is 0 Å². The molecule has 0 amide bonds. The quantitative estimate of drug-likeness (QED) is 0.785. The van der Waals surface area contributed by atoms with E-state index in [1.165, 1.54) is 0 Å². The van der Waals surface area contributed by atoms with Crippen LogP contribution in [0.5, 0.6) is 0 Å². The highest BCUT2D eigenvalue weighted by atomic mass is 16.5. The molecule has 0 aliphatic carbocycles. The van der Waals surface area contributed by atoms with E-state index in [0.717, 1.165) is 38.9 Å². The highest BCUT2D eigenvalue weighted by molar-refractivity contribution is 5.87. The van der Waals surface area contributed by atoms with Crippen molar-refractivity contribution in [3.8, 4) is 11.1 Å². The van der Waals surface area contributed by atoms with Crippen LogP contribution in [0.2, 0.25) is 0 Å². The number of H-pyrrole nitrogens is 1. The zero-order valence-electron chi connectivity index (χ0n) is 14.5. The van der Waals surface area contributed by atoms with Crippen molar-refractivity contribution < 1.29 is 9.53 Å². The molecule has 1 unspecified atom stereocenters. The molecule has 5 nitrogen and oxygen atoms in total. The molecule has 0 spiro atoms. The number of hydrogen-bond acceptors (Lipinski definition) is 4. The maximum absolute atomic E-state index is 11.9. The number of aromatic amines is 1. The first-order chi connectivity index (χ1) is 12.2. The molecule has 0 saturated heterocycles. The minimum absolute atomic E-state index is 0.100. The van der Waals surface area contributed by atoms with Crippen molar-refractivity contribution in [1.29, 1.82) is 0 Å². The highest BCUT2D eigenvalue weighted by Gasteiger charge is 2.25. The Morgan fingerprint density at radius 2 is 2.24 bits per heavy atom. The third-order valence-electron chi connectivity index (χ3n) is 5.02. The maximum Gasteiger partial charge on any atom is 0.133 e. The van der Waals surface area contributed by atoms with Gasteiger partial charge < -0.3 is 4.74 Å². The average Bonchev–Trinajstić information content (AvgIpc) is 3.02. The number of carbonyl (C=O) groups is 1. The fourth-order valence-corrected chi connectivity index (χ4v) is 3.55. The van der Waals surface area contributed by atoms with Crippen molar-refractivity contribution in [3.05, 3.63) is 47.4 Å². The molecule has 0 fully saturated rings. The first-order valence-corrected chi connectivity index (χ1v) is 8.68. The summed E-state index contributed by atoms with van der Waals surface area (Å²) in [5, 5.41) is 8.43. The lowest BCUT2D eigenvalue weighted by Crippen LogP contribution is -2.20. The molecule has 0 saturated carbocycles. The van der Waals surface area contributed by atoms with Gasteiger partial charge in [0.2, 0.25) is 0 Å². The van der Waals surface area contributed by atoms with Gasteiger partial charge in [-0.25, -0.2) is 0 Å². The van der Waals surface area contributed by atoms with E-state index >= 15 is 0 Å². The summed E-state index contributed by atoms with van der Waals surface area (Å²) in [6.45, 7) is 5.08. The Balaban J connectivity index is 1.79. The fourth-order valence-electron chi connectivity index (χ4n) is 3.55. The van der Waals surface area contributed by atoms with Gasteiger partial charge >= 0.3 is 0 Å². The maximum atomic E-state index is 11.9. The summed E-state index contributed by atoms with van der Waals surface area (Å²) in [5.74, 6) is 0.366. The molecule has 5 heteroatoms. The van der Waals surface area contributed by atoms with E-state index in [9.17, 15) is 4.79 Å². The second-order valence-corrected chi connectivity index (χ2v) is 6.64. The Morgan fingerprint density at radius 1 is 1.36 bits per heavy atom. The summed E-state index contributed by atoms with van der Waals surface area (Å²) in [5.41, 5.74) is 6.49. The summed E-state index contributed by atoms with van der Waals surface area (Å²) >= 11 is 0. The molecular formula is C20H21N3O2. The van der Waals surface area contributed by atoms with Gasteiger partial charge in [0.05, 0.1) is 18.7 Å². The van der Waals surface area contributed by atoms with Gasteiger partial charge in [-0.15, -0.1) is 0 Å². The van der Waals surface area contributed by atoms with Gasteiger partial charge in [-0.2, -0.15) is 5.10 Å². The number of pyridine rings is 1. The molecule has 1 atom stereocenters. The molecule has 4 rings (SSSR count). The number of nitrogens with one attached hydrogen (secondary N) is 1. The lowest BCUT2D eigenvalue weighted by Gasteiger charge is -2.26. The van der Waals surface area contributed by atoms with Crippen LogP contribution in [0.1, 0.15) is 42.5 Å². The number of nitrogens with zero attached hydrogens (tertiary/aromatic N) is 2. The summed E-state index contributed by atoms with van der Waals surface area (Å²) in [6.07, 6.45) is 4.88. The fraction of sp³-hybridized carbons (Fsp3) is 0.350. The minimum Gasteiger partial charge on any atom is -0.376 e. The van der Waals surface area contributed by atoms with Crippen LogP contribution in [0.25, 0.3) is 22.0 Å². The smallest absolute Gasteiger partial charge is 0.133 e. The molecule has 3 heterocycles. The van der Waals surface area contributed by atoms with Crippen molar-refractivity contribution in [2.45, 2.75) is 39.2 Å².